The van der Waals surface area contributed by atoms with E-state index in [0.717, 1.165) is 6.07 Å². The van der Waals surface area contributed by atoms with Gasteiger partial charge in [0.15, 0.2) is 11.6 Å². The summed E-state index contributed by atoms with van der Waals surface area (Å²) in [6.07, 6.45) is 0. The van der Waals surface area contributed by atoms with Gasteiger partial charge in [-0.15, -0.1) is 11.8 Å². The van der Waals surface area contributed by atoms with Crippen molar-refractivity contribution >= 4 is 29.1 Å². The summed E-state index contributed by atoms with van der Waals surface area (Å²) in [5.74, 6) is -1.18. The van der Waals surface area contributed by atoms with E-state index < -0.39 is 16.4 Å². The molecule has 0 radical (unpaired) electrons. The van der Waals surface area contributed by atoms with Crippen molar-refractivity contribution < 1.29 is 13.5 Å². The molecule has 0 atom stereocenters. The summed E-state index contributed by atoms with van der Waals surface area (Å²) in [6.45, 7) is 3.61. The molecule has 0 fully saturated rings. The minimum absolute atomic E-state index is 0.271. The fourth-order valence-corrected chi connectivity index (χ4v) is 3.49. The van der Waals surface area contributed by atoms with Crippen LogP contribution < -0.4 is 10.5 Å². The van der Waals surface area contributed by atoms with Crippen LogP contribution in [0.15, 0.2) is 35.2 Å². The molecule has 6 heteroatoms. The molecule has 2 N–H and O–H groups in total. The Morgan fingerprint density at radius 1 is 1.23 bits per heavy atom. The number of anilines is 1. The molecular weight excluding hydrogens is 328 g/mol. The molecule has 22 heavy (non-hydrogen) atoms. The number of methoxy groups -OCH3 is 1. The minimum atomic E-state index is -0.867. The maximum atomic E-state index is 14.1. The van der Waals surface area contributed by atoms with E-state index in [-0.39, 0.29) is 5.56 Å². The average Bonchev–Trinajstić information content (AvgIpc) is 2.45. The molecule has 0 saturated heterocycles. The van der Waals surface area contributed by atoms with E-state index in [0.29, 0.717) is 21.4 Å². The SMILES string of the molecule is COc1cc(Cl)c(N)cc1SC(C)(C)c1cccc(F)c1F. The van der Waals surface area contributed by atoms with E-state index in [1.807, 2.05) is 0 Å². The second kappa shape index (κ2) is 6.34. The van der Waals surface area contributed by atoms with Crippen molar-refractivity contribution in [2.45, 2.75) is 23.5 Å². The third kappa shape index (κ3) is 3.31. The van der Waals surface area contributed by atoms with E-state index in [1.165, 1.54) is 24.9 Å². The summed E-state index contributed by atoms with van der Waals surface area (Å²) in [5.41, 5.74) is 6.50. The lowest BCUT2D eigenvalue weighted by Gasteiger charge is -2.26. The molecule has 0 spiro atoms. The maximum absolute atomic E-state index is 14.1. The Kier molecular flexibility index (Phi) is 4.87. The van der Waals surface area contributed by atoms with Crippen LogP contribution >= 0.6 is 23.4 Å². The van der Waals surface area contributed by atoms with E-state index in [4.69, 9.17) is 22.1 Å². The third-order valence-electron chi connectivity index (χ3n) is 3.25. The summed E-state index contributed by atoms with van der Waals surface area (Å²) in [7, 11) is 1.52. The fraction of sp³-hybridized carbons (Fsp3) is 0.250. The van der Waals surface area contributed by atoms with Crippen LogP contribution in [-0.4, -0.2) is 7.11 Å². The Balaban J connectivity index is 2.44. The van der Waals surface area contributed by atoms with Crippen molar-refractivity contribution in [1.82, 2.24) is 0 Å². The Morgan fingerprint density at radius 2 is 1.91 bits per heavy atom. The lowest BCUT2D eigenvalue weighted by atomic mass is 10.0. The third-order valence-corrected chi connectivity index (χ3v) is 4.84. The molecule has 0 saturated carbocycles. The zero-order chi connectivity index (χ0) is 16.5. The van der Waals surface area contributed by atoms with Crippen LogP contribution in [0.1, 0.15) is 19.4 Å². The summed E-state index contributed by atoms with van der Waals surface area (Å²) in [6, 6.07) is 7.43. The first kappa shape index (κ1) is 16.9. The van der Waals surface area contributed by atoms with Gasteiger partial charge in [-0.25, -0.2) is 8.78 Å². The first-order valence-electron chi connectivity index (χ1n) is 6.52. The van der Waals surface area contributed by atoms with Crippen LogP contribution in [0.5, 0.6) is 5.75 Å². The maximum Gasteiger partial charge on any atom is 0.163 e. The zero-order valence-corrected chi connectivity index (χ0v) is 14.0. The summed E-state index contributed by atoms with van der Waals surface area (Å²) >= 11 is 7.30. The number of ether oxygens (including phenoxy) is 1. The molecule has 0 bridgehead atoms. The van der Waals surface area contributed by atoms with Crippen LogP contribution in [0.25, 0.3) is 0 Å². The monoisotopic (exact) mass is 343 g/mol. The van der Waals surface area contributed by atoms with Crippen molar-refractivity contribution in [3.8, 4) is 5.75 Å². The number of nitrogens with two attached hydrogens (primary N) is 1. The number of benzene rings is 2. The molecule has 0 heterocycles. The van der Waals surface area contributed by atoms with Gasteiger partial charge in [0.1, 0.15) is 5.75 Å². The molecule has 2 aromatic rings. The predicted molar refractivity (Wildman–Crippen MR) is 87.7 cm³/mol. The highest BCUT2D eigenvalue weighted by molar-refractivity contribution is 8.00. The molecular formula is C16H16ClF2NOS. The van der Waals surface area contributed by atoms with Gasteiger partial charge in [-0.3, -0.25) is 0 Å². The Morgan fingerprint density at radius 3 is 2.55 bits per heavy atom. The van der Waals surface area contributed by atoms with Gasteiger partial charge in [0.2, 0.25) is 0 Å². The van der Waals surface area contributed by atoms with Gasteiger partial charge in [0, 0.05) is 16.4 Å². The van der Waals surface area contributed by atoms with Crippen molar-refractivity contribution in [3.05, 3.63) is 52.6 Å². The van der Waals surface area contributed by atoms with Crippen LogP contribution in [0, 0.1) is 11.6 Å². The summed E-state index contributed by atoms with van der Waals surface area (Å²) in [5, 5.41) is 0.385. The number of rotatable bonds is 4. The highest BCUT2D eigenvalue weighted by Crippen LogP contribution is 2.46. The Hall–Kier alpha value is -1.46. The molecule has 0 unspecified atom stereocenters. The number of halogens is 3. The minimum Gasteiger partial charge on any atom is -0.496 e. The van der Waals surface area contributed by atoms with Crippen LogP contribution in [0.4, 0.5) is 14.5 Å². The van der Waals surface area contributed by atoms with Gasteiger partial charge in [-0.05, 0) is 26.0 Å². The molecule has 2 aromatic carbocycles. The van der Waals surface area contributed by atoms with Gasteiger partial charge in [-0.2, -0.15) is 0 Å². The van der Waals surface area contributed by atoms with Crippen LogP contribution in [0.2, 0.25) is 5.02 Å². The first-order valence-corrected chi connectivity index (χ1v) is 7.72. The molecule has 0 aliphatic rings. The molecule has 2 nitrogen and oxygen atoms in total. The Bertz CT molecular complexity index is 707. The molecule has 2 rings (SSSR count). The van der Waals surface area contributed by atoms with Gasteiger partial charge >= 0.3 is 0 Å². The molecule has 118 valence electrons. The van der Waals surface area contributed by atoms with Gasteiger partial charge in [-0.1, -0.05) is 23.7 Å². The van der Waals surface area contributed by atoms with E-state index in [1.54, 1.807) is 32.0 Å². The van der Waals surface area contributed by atoms with E-state index in [2.05, 4.69) is 0 Å². The second-order valence-corrected chi connectivity index (χ2v) is 7.31. The van der Waals surface area contributed by atoms with Crippen molar-refractivity contribution in [2.24, 2.45) is 0 Å². The normalized spacial score (nSPS) is 11.5. The number of nitrogen functional groups attached to an aromatic ring is 1. The van der Waals surface area contributed by atoms with Crippen molar-refractivity contribution in [1.29, 1.82) is 0 Å². The number of hydrogen-bond acceptors (Lipinski definition) is 3. The molecule has 0 amide bonds. The first-order chi connectivity index (χ1) is 10.3. The smallest absolute Gasteiger partial charge is 0.163 e. The Labute approximate surface area is 137 Å². The molecule has 0 aromatic heterocycles. The second-order valence-electron chi connectivity index (χ2n) is 5.24. The van der Waals surface area contributed by atoms with Crippen LogP contribution in [-0.2, 0) is 4.75 Å². The van der Waals surface area contributed by atoms with Crippen molar-refractivity contribution in [2.75, 3.05) is 12.8 Å². The lowest BCUT2D eigenvalue weighted by molar-refractivity contribution is 0.404. The van der Waals surface area contributed by atoms with Gasteiger partial charge in [0.05, 0.1) is 22.7 Å². The molecule has 0 aliphatic carbocycles. The van der Waals surface area contributed by atoms with E-state index in [9.17, 15) is 8.78 Å². The predicted octanol–water partition coefficient (Wildman–Crippen LogP) is 5.24. The zero-order valence-electron chi connectivity index (χ0n) is 12.4. The average molecular weight is 344 g/mol. The highest BCUT2D eigenvalue weighted by Gasteiger charge is 2.28. The number of hydrogen-bond donors (Lipinski definition) is 1. The molecule has 0 aliphatic heterocycles. The topological polar surface area (TPSA) is 35.2 Å². The summed E-state index contributed by atoms with van der Waals surface area (Å²) < 4.78 is 32.1. The van der Waals surface area contributed by atoms with Crippen molar-refractivity contribution in [3.63, 3.8) is 0 Å². The summed E-state index contributed by atoms with van der Waals surface area (Å²) in [4.78, 5) is 0.707. The quantitative estimate of drug-likeness (QED) is 0.609. The standard InChI is InChI=1S/C16H16ClF2NOS/c1-16(2,9-5-4-6-11(18)15(9)19)22-14-8-12(20)10(17)7-13(14)21-3/h4-8H,20H2,1-3H3. The van der Waals surface area contributed by atoms with E-state index >= 15 is 0 Å². The van der Waals surface area contributed by atoms with Gasteiger partial charge in [0.25, 0.3) is 0 Å². The van der Waals surface area contributed by atoms with Gasteiger partial charge < -0.3 is 10.5 Å². The highest BCUT2D eigenvalue weighted by atomic mass is 35.5. The van der Waals surface area contributed by atoms with Crippen LogP contribution in [0.3, 0.4) is 0 Å². The number of thioether (sulfide) groups is 1. The fourth-order valence-electron chi connectivity index (χ4n) is 2.09. The largest absolute Gasteiger partial charge is 0.496 e. The lowest BCUT2D eigenvalue weighted by Crippen LogP contribution is -2.15.